The first-order valence-electron chi connectivity index (χ1n) is 8.67. The zero-order valence-electron chi connectivity index (χ0n) is 15.5. The Balaban J connectivity index is 1.84. The summed E-state index contributed by atoms with van der Waals surface area (Å²) in [4.78, 5) is 22.1. The third-order valence-corrected chi connectivity index (χ3v) is 4.48. The zero-order valence-corrected chi connectivity index (χ0v) is 16.3. The maximum absolute atomic E-state index is 12.5. The number of H-pyrrole nitrogens is 1. The number of hydrogen-bond acceptors (Lipinski definition) is 4. The molecule has 1 amide bonds. The van der Waals surface area contributed by atoms with Crippen LogP contribution in [0.2, 0.25) is 5.02 Å². The van der Waals surface area contributed by atoms with Gasteiger partial charge in [-0.3, -0.25) is 4.90 Å². The molecule has 1 aliphatic rings. The van der Waals surface area contributed by atoms with Crippen LogP contribution in [0.4, 0.5) is 4.79 Å². The number of halogens is 1. The summed E-state index contributed by atoms with van der Waals surface area (Å²) in [5, 5.41) is 0.609. The van der Waals surface area contributed by atoms with Gasteiger partial charge in [0.15, 0.2) is 0 Å². The van der Waals surface area contributed by atoms with Gasteiger partial charge in [-0.15, -0.1) is 0 Å². The topological polar surface area (TPSA) is 67.4 Å². The number of likely N-dealkylation sites (tertiary alicyclic amines) is 1. The lowest BCUT2D eigenvalue weighted by Gasteiger charge is -2.27. The third kappa shape index (κ3) is 3.96. The van der Waals surface area contributed by atoms with E-state index in [9.17, 15) is 4.79 Å². The van der Waals surface area contributed by atoms with Crippen LogP contribution in [0.1, 0.15) is 45.5 Å². The number of hydrogen-bond donors (Lipinski definition) is 1. The fourth-order valence-electron chi connectivity index (χ4n) is 3.12. The van der Waals surface area contributed by atoms with E-state index in [0.717, 1.165) is 29.9 Å². The van der Waals surface area contributed by atoms with Crippen molar-refractivity contribution in [2.75, 3.05) is 13.7 Å². The first kappa shape index (κ1) is 18.6. The van der Waals surface area contributed by atoms with Gasteiger partial charge < -0.3 is 14.5 Å². The van der Waals surface area contributed by atoms with Gasteiger partial charge in [0, 0.05) is 17.1 Å². The summed E-state index contributed by atoms with van der Waals surface area (Å²) in [5.74, 6) is 1.42. The normalized spacial score (nSPS) is 17.4. The number of benzene rings is 1. The van der Waals surface area contributed by atoms with Crippen molar-refractivity contribution in [2.45, 2.75) is 45.3 Å². The number of nitrogens with one attached hydrogen (secondary N) is 1. The van der Waals surface area contributed by atoms with E-state index in [4.69, 9.17) is 21.1 Å². The van der Waals surface area contributed by atoms with Gasteiger partial charge in [-0.2, -0.15) is 0 Å². The molecule has 0 aliphatic carbocycles. The number of imidazole rings is 1. The van der Waals surface area contributed by atoms with Crippen LogP contribution in [0, 0.1) is 0 Å². The molecule has 1 aliphatic heterocycles. The van der Waals surface area contributed by atoms with Gasteiger partial charge in [-0.05, 0) is 51.8 Å². The molecule has 26 heavy (non-hydrogen) atoms. The molecule has 6 nitrogen and oxygen atoms in total. The van der Waals surface area contributed by atoms with Gasteiger partial charge in [0.05, 0.1) is 25.0 Å². The number of rotatable bonds is 3. The first-order chi connectivity index (χ1) is 12.3. The van der Waals surface area contributed by atoms with Crippen LogP contribution in [0.5, 0.6) is 5.75 Å². The Bertz CT molecular complexity index is 798. The molecule has 0 radical (unpaired) electrons. The highest BCUT2D eigenvalue weighted by Crippen LogP contribution is 2.35. The summed E-state index contributed by atoms with van der Waals surface area (Å²) in [6.45, 7) is 6.27. The minimum absolute atomic E-state index is 0.114. The second-order valence-electron chi connectivity index (χ2n) is 7.36. The van der Waals surface area contributed by atoms with Crippen molar-refractivity contribution in [1.82, 2.24) is 14.9 Å². The van der Waals surface area contributed by atoms with Crippen molar-refractivity contribution < 1.29 is 14.3 Å². The lowest BCUT2D eigenvalue weighted by atomic mass is 10.1. The van der Waals surface area contributed by atoms with Crippen LogP contribution in [-0.4, -0.2) is 40.2 Å². The minimum atomic E-state index is -0.519. The average Bonchev–Trinajstić information content (AvgIpc) is 3.21. The molecule has 0 spiro atoms. The van der Waals surface area contributed by atoms with E-state index in [1.165, 1.54) is 0 Å². The van der Waals surface area contributed by atoms with Crippen molar-refractivity contribution in [2.24, 2.45) is 0 Å². The van der Waals surface area contributed by atoms with Crippen LogP contribution in [0.3, 0.4) is 0 Å². The predicted molar refractivity (Wildman–Crippen MR) is 101 cm³/mol. The van der Waals surface area contributed by atoms with Gasteiger partial charge in [0.2, 0.25) is 0 Å². The smallest absolute Gasteiger partial charge is 0.410 e. The highest BCUT2D eigenvalue weighted by atomic mass is 35.5. The number of aromatic amines is 1. The largest absolute Gasteiger partial charge is 0.496 e. The number of methoxy groups -OCH3 is 1. The Kier molecular flexibility index (Phi) is 5.14. The number of ether oxygens (including phenoxy) is 2. The monoisotopic (exact) mass is 377 g/mol. The number of aromatic nitrogens is 2. The van der Waals surface area contributed by atoms with E-state index in [2.05, 4.69) is 9.97 Å². The standard InChI is InChI=1S/C19H24ClN3O3/c1-19(2,3)26-18(24)23-9-5-6-15(23)17-21-11-14(22-17)13-8-7-12(20)10-16(13)25-4/h7-8,10-11,15H,5-6,9H2,1-4H3,(H,21,22)/t15-/m0/s1. The molecule has 1 aromatic carbocycles. The molecule has 0 unspecified atom stereocenters. The predicted octanol–water partition coefficient (Wildman–Crippen LogP) is 4.81. The Morgan fingerprint density at radius 1 is 1.38 bits per heavy atom. The highest BCUT2D eigenvalue weighted by molar-refractivity contribution is 6.30. The van der Waals surface area contributed by atoms with Crippen molar-refractivity contribution in [3.05, 3.63) is 35.2 Å². The summed E-state index contributed by atoms with van der Waals surface area (Å²) in [6.07, 6.45) is 3.22. The molecule has 1 saturated heterocycles. The summed E-state index contributed by atoms with van der Waals surface area (Å²) >= 11 is 6.03. The first-order valence-corrected chi connectivity index (χ1v) is 9.05. The molecule has 1 aromatic heterocycles. The fraction of sp³-hybridized carbons (Fsp3) is 0.474. The third-order valence-electron chi connectivity index (χ3n) is 4.25. The molecule has 0 bridgehead atoms. The van der Waals surface area contributed by atoms with Gasteiger partial charge in [-0.25, -0.2) is 9.78 Å². The Labute approximate surface area is 158 Å². The summed E-state index contributed by atoms with van der Waals surface area (Å²) < 4.78 is 10.9. The van der Waals surface area contributed by atoms with E-state index >= 15 is 0 Å². The molecular weight excluding hydrogens is 354 g/mol. The lowest BCUT2D eigenvalue weighted by molar-refractivity contribution is 0.0218. The minimum Gasteiger partial charge on any atom is -0.496 e. The van der Waals surface area contributed by atoms with E-state index in [1.807, 2.05) is 32.9 Å². The molecule has 7 heteroatoms. The number of amides is 1. The van der Waals surface area contributed by atoms with E-state index < -0.39 is 5.60 Å². The molecule has 1 fully saturated rings. The van der Waals surface area contributed by atoms with Crippen molar-refractivity contribution in [1.29, 1.82) is 0 Å². The Morgan fingerprint density at radius 3 is 2.85 bits per heavy atom. The summed E-state index contributed by atoms with van der Waals surface area (Å²) in [6, 6.07) is 5.35. The van der Waals surface area contributed by atoms with Gasteiger partial charge in [0.1, 0.15) is 17.2 Å². The van der Waals surface area contributed by atoms with Crippen molar-refractivity contribution >= 4 is 17.7 Å². The van der Waals surface area contributed by atoms with Crippen molar-refractivity contribution in [3.8, 4) is 17.0 Å². The zero-order chi connectivity index (χ0) is 18.9. The second-order valence-corrected chi connectivity index (χ2v) is 7.79. The van der Waals surface area contributed by atoms with Gasteiger partial charge in [0.25, 0.3) is 0 Å². The maximum Gasteiger partial charge on any atom is 0.410 e. The van der Waals surface area contributed by atoms with Gasteiger partial charge >= 0.3 is 6.09 Å². The SMILES string of the molecule is COc1cc(Cl)ccc1-c1cnc([C@@H]2CCCN2C(=O)OC(C)(C)C)[nH]1. The van der Waals surface area contributed by atoms with Crippen LogP contribution in [0.25, 0.3) is 11.3 Å². The van der Waals surface area contributed by atoms with Crippen LogP contribution in [-0.2, 0) is 4.74 Å². The second kappa shape index (κ2) is 7.19. The summed E-state index contributed by atoms with van der Waals surface area (Å²) in [7, 11) is 1.60. The average molecular weight is 378 g/mol. The van der Waals surface area contributed by atoms with E-state index in [-0.39, 0.29) is 12.1 Å². The molecule has 1 N–H and O–H groups in total. The van der Waals surface area contributed by atoms with Crippen LogP contribution < -0.4 is 4.74 Å². The van der Waals surface area contributed by atoms with E-state index in [0.29, 0.717) is 17.3 Å². The quantitative estimate of drug-likeness (QED) is 0.833. The summed E-state index contributed by atoms with van der Waals surface area (Å²) in [5.41, 5.74) is 1.18. The highest BCUT2D eigenvalue weighted by Gasteiger charge is 2.34. The maximum atomic E-state index is 12.5. The van der Waals surface area contributed by atoms with Crippen LogP contribution in [0.15, 0.2) is 24.4 Å². The Morgan fingerprint density at radius 2 is 2.15 bits per heavy atom. The number of carbonyl (C=O) groups excluding carboxylic acids is 1. The molecular formula is C19H24ClN3O3. The van der Waals surface area contributed by atoms with Gasteiger partial charge in [-0.1, -0.05) is 11.6 Å². The number of nitrogens with zero attached hydrogens (tertiary/aromatic N) is 2. The van der Waals surface area contributed by atoms with Crippen molar-refractivity contribution in [3.63, 3.8) is 0 Å². The molecule has 1 atom stereocenters. The molecule has 0 saturated carbocycles. The van der Waals surface area contributed by atoms with E-state index in [1.54, 1.807) is 24.3 Å². The molecule has 3 rings (SSSR count). The molecule has 2 aromatic rings. The lowest BCUT2D eigenvalue weighted by Crippen LogP contribution is -2.36. The molecule has 2 heterocycles. The Hall–Kier alpha value is -2.21. The fourth-order valence-corrected chi connectivity index (χ4v) is 3.28. The molecule has 140 valence electrons. The van der Waals surface area contributed by atoms with Crippen LogP contribution >= 0.6 is 11.6 Å². The number of carbonyl (C=O) groups is 1.